The number of nitrogens with zero attached hydrogens (tertiary/aromatic N) is 2. The third-order valence-corrected chi connectivity index (χ3v) is 5.71. The lowest BCUT2D eigenvalue weighted by atomic mass is 10.2. The van der Waals surface area contributed by atoms with E-state index in [1.165, 1.54) is 16.4 Å². The van der Waals surface area contributed by atoms with Crippen molar-refractivity contribution in [2.45, 2.75) is 11.3 Å². The lowest BCUT2D eigenvalue weighted by molar-refractivity contribution is 0.0958. The average molecular weight is 337 g/mol. The Kier molecular flexibility index (Phi) is 5.92. The summed E-state index contributed by atoms with van der Waals surface area (Å²) < 4.78 is 27.1. The fourth-order valence-corrected chi connectivity index (χ4v) is 3.99. The molecule has 0 saturated carbocycles. The largest absolute Gasteiger partial charge is 0.349 e. The summed E-state index contributed by atoms with van der Waals surface area (Å²) in [6, 6.07) is 6.17. The van der Waals surface area contributed by atoms with Gasteiger partial charge >= 0.3 is 0 Å². The molecule has 1 aliphatic heterocycles. The first-order valence-corrected chi connectivity index (χ1v) is 9.07. The van der Waals surface area contributed by atoms with Gasteiger partial charge in [-0.2, -0.15) is 4.31 Å². The summed E-state index contributed by atoms with van der Waals surface area (Å²) in [6.07, 6.45) is 2.38. The van der Waals surface area contributed by atoms with Crippen molar-refractivity contribution in [1.29, 1.82) is 0 Å². The van der Waals surface area contributed by atoms with Crippen LogP contribution in [0.3, 0.4) is 0 Å². The summed E-state index contributed by atoms with van der Waals surface area (Å²) in [5.74, 6) is -0.308. The number of benzene rings is 1. The van der Waals surface area contributed by atoms with Crippen molar-refractivity contribution in [2.24, 2.45) is 0 Å². The number of rotatable bonds is 5. The predicted molar refractivity (Wildman–Crippen MR) is 89.8 cm³/mol. The Balaban J connectivity index is 2.22. The standard InChI is InChI=1S/C16H23N3O3S/c1-3-8-17-16(20)14-6-4-7-15(13-14)23(21,22)19-10-5-9-18(2)11-12-19/h3-4,6-7,13H,1,5,8-12H2,2H3,(H,17,20). The topological polar surface area (TPSA) is 69.7 Å². The molecule has 0 radical (unpaired) electrons. The zero-order valence-corrected chi connectivity index (χ0v) is 14.2. The summed E-state index contributed by atoms with van der Waals surface area (Å²) in [5.41, 5.74) is 0.333. The van der Waals surface area contributed by atoms with Crippen LogP contribution < -0.4 is 5.32 Å². The second kappa shape index (κ2) is 7.72. The van der Waals surface area contributed by atoms with Gasteiger partial charge in [-0.05, 0) is 38.2 Å². The van der Waals surface area contributed by atoms with Gasteiger partial charge < -0.3 is 10.2 Å². The number of carbonyl (C=O) groups is 1. The summed E-state index contributed by atoms with van der Waals surface area (Å²) in [4.78, 5) is 14.3. The van der Waals surface area contributed by atoms with E-state index in [-0.39, 0.29) is 10.8 Å². The van der Waals surface area contributed by atoms with Crippen LogP contribution in [0.5, 0.6) is 0 Å². The molecule has 6 nitrogen and oxygen atoms in total. The lowest BCUT2D eigenvalue weighted by Crippen LogP contribution is -2.34. The number of sulfonamides is 1. The highest BCUT2D eigenvalue weighted by atomic mass is 32.2. The molecule has 1 amide bonds. The molecule has 0 aromatic heterocycles. The normalized spacial score (nSPS) is 17.4. The van der Waals surface area contributed by atoms with E-state index in [0.29, 0.717) is 31.7 Å². The minimum absolute atomic E-state index is 0.160. The Morgan fingerprint density at radius 3 is 2.83 bits per heavy atom. The Labute approximate surface area is 137 Å². The summed E-state index contributed by atoms with van der Waals surface area (Å²) in [6.45, 7) is 6.44. The molecule has 0 unspecified atom stereocenters. The van der Waals surface area contributed by atoms with Crippen LogP contribution in [-0.2, 0) is 10.0 Å². The van der Waals surface area contributed by atoms with Crippen LogP contribution in [0.2, 0.25) is 0 Å². The molecular weight excluding hydrogens is 314 g/mol. The zero-order chi connectivity index (χ0) is 16.9. The Morgan fingerprint density at radius 1 is 1.30 bits per heavy atom. The molecule has 1 fully saturated rings. The maximum Gasteiger partial charge on any atom is 0.251 e. The van der Waals surface area contributed by atoms with E-state index >= 15 is 0 Å². The average Bonchev–Trinajstić information content (AvgIpc) is 2.77. The number of carbonyl (C=O) groups excluding carboxylic acids is 1. The number of likely N-dealkylation sites (N-methyl/N-ethyl adjacent to an activating group) is 1. The number of amides is 1. The van der Waals surface area contributed by atoms with E-state index in [1.54, 1.807) is 18.2 Å². The summed E-state index contributed by atoms with van der Waals surface area (Å²) >= 11 is 0. The van der Waals surface area contributed by atoms with Gasteiger partial charge in [0.1, 0.15) is 0 Å². The first-order chi connectivity index (χ1) is 10.9. The zero-order valence-electron chi connectivity index (χ0n) is 13.4. The molecule has 0 aliphatic carbocycles. The van der Waals surface area contributed by atoms with E-state index in [0.717, 1.165) is 13.0 Å². The third-order valence-electron chi connectivity index (χ3n) is 3.82. The van der Waals surface area contributed by atoms with Crippen molar-refractivity contribution in [3.05, 3.63) is 42.5 Å². The molecule has 0 atom stereocenters. The minimum Gasteiger partial charge on any atom is -0.349 e. The number of hydrogen-bond donors (Lipinski definition) is 1. The monoisotopic (exact) mass is 337 g/mol. The molecule has 1 heterocycles. The number of hydrogen-bond acceptors (Lipinski definition) is 4. The van der Waals surface area contributed by atoms with E-state index in [1.807, 2.05) is 7.05 Å². The van der Waals surface area contributed by atoms with Crippen LogP contribution in [0.1, 0.15) is 16.8 Å². The Bertz CT molecular complexity index is 673. The fourth-order valence-electron chi connectivity index (χ4n) is 2.48. The van der Waals surface area contributed by atoms with Crippen LogP contribution in [-0.4, -0.2) is 63.3 Å². The van der Waals surface area contributed by atoms with Gasteiger partial charge in [0.05, 0.1) is 4.90 Å². The first-order valence-electron chi connectivity index (χ1n) is 7.63. The van der Waals surface area contributed by atoms with Crippen molar-refractivity contribution in [2.75, 3.05) is 39.8 Å². The van der Waals surface area contributed by atoms with Crippen LogP contribution in [0.25, 0.3) is 0 Å². The molecule has 7 heteroatoms. The van der Waals surface area contributed by atoms with Crippen molar-refractivity contribution in [3.8, 4) is 0 Å². The quantitative estimate of drug-likeness (QED) is 0.812. The van der Waals surface area contributed by atoms with E-state index in [2.05, 4.69) is 16.8 Å². The van der Waals surface area contributed by atoms with Gasteiger partial charge in [0.2, 0.25) is 10.0 Å². The molecule has 0 spiro atoms. The maximum atomic E-state index is 12.8. The molecule has 1 saturated heterocycles. The summed E-state index contributed by atoms with van der Waals surface area (Å²) in [5, 5.41) is 2.65. The Hall–Kier alpha value is -1.70. The molecule has 1 N–H and O–H groups in total. The van der Waals surface area contributed by atoms with Gasteiger partial charge in [-0.1, -0.05) is 12.1 Å². The number of nitrogens with one attached hydrogen (secondary N) is 1. The van der Waals surface area contributed by atoms with Crippen LogP contribution >= 0.6 is 0 Å². The molecule has 23 heavy (non-hydrogen) atoms. The highest BCUT2D eigenvalue weighted by molar-refractivity contribution is 7.89. The molecule has 0 bridgehead atoms. The smallest absolute Gasteiger partial charge is 0.251 e. The lowest BCUT2D eigenvalue weighted by Gasteiger charge is -2.20. The van der Waals surface area contributed by atoms with Crippen LogP contribution in [0.4, 0.5) is 0 Å². The predicted octanol–water partition coefficient (Wildman–Crippen LogP) is 0.929. The molecule has 1 aliphatic rings. The third kappa shape index (κ3) is 4.40. The van der Waals surface area contributed by atoms with E-state index in [4.69, 9.17) is 0 Å². The highest BCUT2D eigenvalue weighted by Crippen LogP contribution is 2.18. The second-order valence-corrected chi connectivity index (χ2v) is 7.53. The van der Waals surface area contributed by atoms with E-state index in [9.17, 15) is 13.2 Å². The molecule has 1 aromatic carbocycles. The van der Waals surface area contributed by atoms with Crippen molar-refractivity contribution in [1.82, 2.24) is 14.5 Å². The molecule has 126 valence electrons. The van der Waals surface area contributed by atoms with Gasteiger partial charge in [0.25, 0.3) is 5.91 Å². The van der Waals surface area contributed by atoms with Gasteiger partial charge in [-0.3, -0.25) is 4.79 Å². The SMILES string of the molecule is C=CCNC(=O)c1cccc(S(=O)(=O)N2CCCN(C)CC2)c1. The molecule has 2 rings (SSSR count). The van der Waals surface area contributed by atoms with Crippen molar-refractivity contribution >= 4 is 15.9 Å². The van der Waals surface area contributed by atoms with Gasteiger partial charge in [-0.15, -0.1) is 6.58 Å². The van der Waals surface area contributed by atoms with Gasteiger partial charge in [0.15, 0.2) is 0 Å². The molecular formula is C16H23N3O3S. The maximum absolute atomic E-state index is 12.8. The second-order valence-electron chi connectivity index (χ2n) is 5.59. The van der Waals surface area contributed by atoms with Gasteiger partial charge in [-0.25, -0.2) is 8.42 Å². The van der Waals surface area contributed by atoms with E-state index < -0.39 is 10.0 Å². The minimum atomic E-state index is -3.58. The van der Waals surface area contributed by atoms with Gasteiger partial charge in [0, 0.05) is 31.7 Å². The fraction of sp³-hybridized carbons (Fsp3) is 0.438. The van der Waals surface area contributed by atoms with Crippen molar-refractivity contribution < 1.29 is 13.2 Å². The Morgan fingerprint density at radius 2 is 2.09 bits per heavy atom. The first kappa shape index (κ1) is 17.7. The summed E-state index contributed by atoms with van der Waals surface area (Å²) in [7, 11) is -1.59. The molecule has 1 aromatic rings. The van der Waals surface area contributed by atoms with Crippen molar-refractivity contribution in [3.63, 3.8) is 0 Å². The van der Waals surface area contributed by atoms with Crippen LogP contribution in [0.15, 0.2) is 41.8 Å². The highest BCUT2D eigenvalue weighted by Gasteiger charge is 2.26. The van der Waals surface area contributed by atoms with Crippen LogP contribution in [0, 0.1) is 0 Å².